The van der Waals surface area contributed by atoms with Gasteiger partial charge in [-0.05, 0) is 50.5 Å². The summed E-state index contributed by atoms with van der Waals surface area (Å²) in [7, 11) is -3.99. The second-order valence-electron chi connectivity index (χ2n) is 8.84. The van der Waals surface area contributed by atoms with Crippen molar-refractivity contribution >= 4 is 44.5 Å². The molecule has 1 saturated carbocycles. The van der Waals surface area contributed by atoms with Crippen LogP contribution in [0, 0.1) is 13.8 Å². The van der Waals surface area contributed by atoms with Crippen molar-refractivity contribution in [3.63, 3.8) is 0 Å². The van der Waals surface area contributed by atoms with Gasteiger partial charge in [-0.25, -0.2) is 0 Å². The van der Waals surface area contributed by atoms with Crippen LogP contribution in [0.3, 0.4) is 0 Å². The molecule has 0 spiro atoms. The topological polar surface area (TPSA) is 95.9 Å². The quantitative estimate of drug-likeness (QED) is 0.624. The average Bonchev–Trinajstić information content (AvgIpc) is 3.10. The minimum atomic E-state index is -3.99. The van der Waals surface area contributed by atoms with E-state index in [1.54, 1.807) is 17.0 Å². The van der Waals surface area contributed by atoms with Gasteiger partial charge in [-0.15, -0.1) is 4.40 Å². The van der Waals surface area contributed by atoms with Gasteiger partial charge in [0.15, 0.2) is 5.17 Å². The molecular formula is C25H29N3O4S2. The zero-order valence-electron chi connectivity index (χ0n) is 19.4. The number of rotatable bonds is 6. The predicted molar refractivity (Wildman–Crippen MR) is 135 cm³/mol. The Morgan fingerprint density at radius 3 is 2.41 bits per heavy atom. The number of aryl methyl sites for hydroxylation is 2. The van der Waals surface area contributed by atoms with Crippen molar-refractivity contribution in [2.75, 3.05) is 5.32 Å². The molecule has 1 N–H and O–H groups in total. The number of thioether (sulfide) groups is 1. The summed E-state index contributed by atoms with van der Waals surface area (Å²) in [4.78, 5) is 27.8. The van der Waals surface area contributed by atoms with Crippen molar-refractivity contribution in [2.45, 2.75) is 68.6 Å². The number of sulfonamides is 1. The van der Waals surface area contributed by atoms with Crippen LogP contribution in [0.2, 0.25) is 0 Å². The van der Waals surface area contributed by atoms with Gasteiger partial charge in [0.25, 0.3) is 10.0 Å². The Labute approximate surface area is 205 Å². The van der Waals surface area contributed by atoms with E-state index >= 15 is 0 Å². The third-order valence-corrected chi connectivity index (χ3v) is 8.76. The van der Waals surface area contributed by atoms with Gasteiger partial charge in [0.05, 0.1) is 4.90 Å². The molecule has 180 valence electrons. The smallest absolute Gasteiger partial charge is 0.284 e. The fourth-order valence-electron chi connectivity index (χ4n) is 4.30. The Morgan fingerprint density at radius 2 is 1.74 bits per heavy atom. The van der Waals surface area contributed by atoms with E-state index in [9.17, 15) is 18.0 Å². The van der Waals surface area contributed by atoms with Crippen LogP contribution in [0.15, 0.2) is 57.8 Å². The Kier molecular flexibility index (Phi) is 7.42. The van der Waals surface area contributed by atoms with E-state index in [1.165, 1.54) is 12.1 Å². The van der Waals surface area contributed by atoms with E-state index < -0.39 is 15.3 Å². The van der Waals surface area contributed by atoms with E-state index in [0.29, 0.717) is 5.69 Å². The fraction of sp³-hybridized carbons (Fsp3) is 0.400. The van der Waals surface area contributed by atoms with E-state index in [1.807, 2.05) is 38.1 Å². The zero-order valence-corrected chi connectivity index (χ0v) is 21.0. The molecule has 9 heteroatoms. The number of nitrogens with zero attached hydrogens (tertiary/aromatic N) is 2. The zero-order chi connectivity index (χ0) is 24.3. The molecule has 1 heterocycles. The highest BCUT2D eigenvalue weighted by Gasteiger charge is 2.43. The first-order chi connectivity index (χ1) is 16.2. The molecule has 1 unspecified atom stereocenters. The molecule has 2 aromatic rings. The number of hydrogen-bond acceptors (Lipinski definition) is 5. The van der Waals surface area contributed by atoms with Crippen molar-refractivity contribution in [1.82, 2.24) is 4.90 Å². The lowest BCUT2D eigenvalue weighted by molar-refractivity contribution is -0.130. The van der Waals surface area contributed by atoms with E-state index in [4.69, 9.17) is 0 Å². The number of amidine groups is 1. The highest BCUT2D eigenvalue weighted by atomic mass is 32.2. The number of anilines is 1. The number of carbonyl (C=O) groups excluding carboxylic acids is 2. The molecule has 0 bridgehead atoms. The van der Waals surface area contributed by atoms with Crippen LogP contribution < -0.4 is 5.32 Å². The first-order valence-corrected chi connectivity index (χ1v) is 13.8. The van der Waals surface area contributed by atoms with Crippen LogP contribution in [-0.4, -0.2) is 41.6 Å². The summed E-state index contributed by atoms with van der Waals surface area (Å²) in [6.45, 7) is 3.78. The van der Waals surface area contributed by atoms with Gasteiger partial charge in [0.2, 0.25) is 11.8 Å². The standard InChI is InChI=1S/C25H29N3O4S2/c1-17-12-14-20(15-13-17)34(31,32)27-25-28(19-9-4-3-5-10-19)24(30)22(33-25)16-23(29)26-21-11-7-6-8-18(21)2/h6-8,11-15,19,22H,3-5,9-10,16H2,1-2H3,(H,26,29)/b27-25+. The number of nitrogens with one attached hydrogen (secondary N) is 1. The van der Waals surface area contributed by atoms with Gasteiger partial charge in [-0.2, -0.15) is 8.42 Å². The molecule has 1 aliphatic heterocycles. The maximum atomic E-state index is 13.4. The molecule has 7 nitrogen and oxygen atoms in total. The maximum absolute atomic E-state index is 13.4. The minimum absolute atomic E-state index is 0.0509. The molecule has 34 heavy (non-hydrogen) atoms. The molecule has 0 aromatic heterocycles. The number of benzene rings is 2. The molecule has 4 rings (SSSR count). The van der Waals surface area contributed by atoms with Gasteiger partial charge in [0, 0.05) is 18.2 Å². The summed E-state index contributed by atoms with van der Waals surface area (Å²) in [5, 5.41) is 2.33. The van der Waals surface area contributed by atoms with E-state index in [0.717, 1.165) is 55.0 Å². The van der Waals surface area contributed by atoms with Crippen molar-refractivity contribution in [1.29, 1.82) is 0 Å². The summed E-state index contributed by atoms with van der Waals surface area (Å²) >= 11 is 1.07. The molecule has 2 aliphatic rings. The Bertz CT molecular complexity index is 1200. The first-order valence-electron chi connectivity index (χ1n) is 11.5. The minimum Gasteiger partial charge on any atom is -0.326 e. The normalized spacial score (nSPS) is 20.6. The number of para-hydroxylation sites is 1. The highest BCUT2D eigenvalue weighted by molar-refractivity contribution is 8.16. The highest BCUT2D eigenvalue weighted by Crippen LogP contribution is 2.36. The second-order valence-corrected chi connectivity index (χ2v) is 11.6. The van der Waals surface area contributed by atoms with Crippen molar-refractivity contribution < 1.29 is 18.0 Å². The van der Waals surface area contributed by atoms with Gasteiger partial charge >= 0.3 is 0 Å². The van der Waals surface area contributed by atoms with Gasteiger partial charge in [0.1, 0.15) is 5.25 Å². The second kappa shape index (κ2) is 10.3. The van der Waals surface area contributed by atoms with Crippen molar-refractivity contribution in [2.24, 2.45) is 4.40 Å². The summed E-state index contributed by atoms with van der Waals surface area (Å²) in [6, 6.07) is 13.8. The molecule has 0 radical (unpaired) electrons. The summed E-state index contributed by atoms with van der Waals surface area (Å²) in [5.74, 6) is -0.527. The Morgan fingerprint density at radius 1 is 1.06 bits per heavy atom. The third-order valence-electron chi connectivity index (χ3n) is 6.21. The monoisotopic (exact) mass is 499 g/mol. The van der Waals surface area contributed by atoms with E-state index in [-0.39, 0.29) is 34.3 Å². The molecule has 1 saturated heterocycles. The van der Waals surface area contributed by atoms with Crippen LogP contribution in [0.25, 0.3) is 0 Å². The van der Waals surface area contributed by atoms with E-state index in [2.05, 4.69) is 9.71 Å². The lowest BCUT2D eigenvalue weighted by Gasteiger charge is -2.30. The molecule has 2 aromatic carbocycles. The largest absolute Gasteiger partial charge is 0.326 e. The third kappa shape index (κ3) is 5.52. The summed E-state index contributed by atoms with van der Waals surface area (Å²) in [6.07, 6.45) is 4.62. The van der Waals surface area contributed by atoms with Crippen LogP contribution >= 0.6 is 11.8 Å². The lowest BCUT2D eigenvalue weighted by atomic mass is 9.94. The lowest BCUT2D eigenvalue weighted by Crippen LogP contribution is -2.42. The number of amides is 2. The first kappa shape index (κ1) is 24.5. The van der Waals surface area contributed by atoms with Gasteiger partial charge in [-0.1, -0.05) is 66.9 Å². The summed E-state index contributed by atoms with van der Waals surface area (Å²) in [5.41, 5.74) is 2.57. The fourth-order valence-corrected chi connectivity index (χ4v) is 6.70. The maximum Gasteiger partial charge on any atom is 0.284 e. The average molecular weight is 500 g/mol. The van der Waals surface area contributed by atoms with Crippen LogP contribution in [-0.2, 0) is 19.6 Å². The predicted octanol–water partition coefficient (Wildman–Crippen LogP) is 4.65. The Hall–Kier alpha value is -2.65. The van der Waals surface area contributed by atoms with Gasteiger partial charge in [-0.3, -0.25) is 14.5 Å². The van der Waals surface area contributed by atoms with Crippen molar-refractivity contribution in [3.8, 4) is 0 Å². The van der Waals surface area contributed by atoms with Crippen LogP contribution in [0.4, 0.5) is 5.69 Å². The summed E-state index contributed by atoms with van der Waals surface area (Å²) < 4.78 is 30.1. The molecule has 2 amide bonds. The number of carbonyl (C=O) groups is 2. The van der Waals surface area contributed by atoms with Crippen molar-refractivity contribution in [3.05, 3.63) is 59.7 Å². The Balaban J connectivity index is 1.58. The number of hydrogen-bond donors (Lipinski definition) is 1. The molecule has 2 fully saturated rings. The van der Waals surface area contributed by atoms with Gasteiger partial charge < -0.3 is 5.32 Å². The SMILES string of the molecule is Cc1ccc(S(=O)(=O)/N=C2/SC(CC(=O)Nc3ccccc3C)C(=O)N2C2CCCCC2)cc1. The van der Waals surface area contributed by atoms with Crippen LogP contribution in [0.5, 0.6) is 0 Å². The molecule has 1 aliphatic carbocycles. The molecule has 1 atom stereocenters. The van der Waals surface area contributed by atoms with Crippen LogP contribution in [0.1, 0.15) is 49.7 Å². The molecular weight excluding hydrogens is 470 g/mol.